The molecule has 0 spiro atoms. The Morgan fingerprint density at radius 2 is 2.06 bits per heavy atom. The summed E-state index contributed by atoms with van der Waals surface area (Å²) in [4.78, 5) is 0. The molecular weight excluding hydrogens is 225 g/mol. The van der Waals surface area contributed by atoms with Crippen molar-refractivity contribution in [1.29, 1.82) is 0 Å². The van der Waals surface area contributed by atoms with Crippen molar-refractivity contribution in [2.45, 2.75) is 33.2 Å². The number of benzene rings is 1. The Morgan fingerprint density at radius 3 is 2.56 bits per heavy atom. The van der Waals surface area contributed by atoms with Crippen LogP contribution < -0.4 is 5.32 Å². The SMILES string of the molecule is CCNC(Cc1ccc(Cl)cc1F)C(C)C. The van der Waals surface area contributed by atoms with Crippen LogP contribution in [0, 0.1) is 11.7 Å². The van der Waals surface area contributed by atoms with Crippen molar-refractivity contribution >= 4 is 11.6 Å². The molecule has 1 aromatic carbocycles. The molecule has 1 unspecified atom stereocenters. The monoisotopic (exact) mass is 243 g/mol. The van der Waals surface area contributed by atoms with E-state index in [1.54, 1.807) is 12.1 Å². The van der Waals surface area contributed by atoms with E-state index in [2.05, 4.69) is 26.1 Å². The van der Waals surface area contributed by atoms with E-state index in [4.69, 9.17) is 11.6 Å². The minimum absolute atomic E-state index is 0.212. The summed E-state index contributed by atoms with van der Waals surface area (Å²) in [5.74, 6) is 0.270. The maximum Gasteiger partial charge on any atom is 0.127 e. The van der Waals surface area contributed by atoms with E-state index in [-0.39, 0.29) is 5.82 Å². The highest BCUT2D eigenvalue weighted by Gasteiger charge is 2.14. The van der Waals surface area contributed by atoms with E-state index in [9.17, 15) is 4.39 Å². The largest absolute Gasteiger partial charge is 0.314 e. The molecule has 0 fully saturated rings. The van der Waals surface area contributed by atoms with E-state index < -0.39 is 0 Å². The number of rotatable bonds is 5. The molecule has 0 bridgehead atoms. The van der Waals surface area contributed by atoms with E-state index in [1.165, 1.54) is 6.07 Å². The van der Waals surface area contributed by atoms with Gasteiger partial charge in [0, 0.05) is 11.1 Å². The van der Waals surface area contributed by atoms with Gasteiger partial charge in [0.1, 0.15) is 5.82 Å². The van der Waals surface area contributed by atoms with Gasteiger partial charge in [0.05, 0.1) is 0 Å². The zero-order valence-corrected chi connectivity index (χ0v) is 10.8. The molecule has 3 heteroatoms. The lowest BCUT2D eigenvalue weighted by Crippen LogP contribution is -2.35. The third-order valence-corrected chi connectivity index (χ3v) is 2.96. The third-order valence-electron chi connectivity index (χ3n) is 2.73. The second-order valence-electron chi connectivity index (χ2n) is 4.35. The maximum atomic E-state index is 13.6. The predicted octanol–water partition coefficient (Wildman–Crippen LogP) is 3.66. The van der Waals surface area contributed by atoms with Crippen molar-refractivity contribution in [2.24, 2.45) is 5.92 Å². The number of nitrogens with one attached hydrogen (secondary N) is 1. The number of likely N-dealkylation sites (N-methyl/N-ethyl adjacent to an activating group) is 1. The van der Waals surface area contributed by atoms with Crippen molar-refractivity contribution in [3.63, 3.8) is 0 Å². The van der Waals surface area contributed by atoms with Gasteiger partial charge in [0.15, 0.2) is 0 Å². The highest BCUT2D eigenvalue weighted by molar-refractivity contribution is 6.30. The summed E-state index contributed by atoms with van der Waals surface area (Å²) in [6, 6.07) is 5.19. The molecule has 0 radical (unpaired) electrons. The highest BCUT2D eigenvalue weighted by atomic mass is 35.5. The average molecular weight is 244 g/mol. The number of hydrogen-bond donors (Lipinski definition) is 1. The van der Waals surface area contributed by atoms with Crippen LogP contribution in [-0.2, 0) is 6.42 Å². The average Bonchev–Trinajstić information content (AvgIpc) is 2.20. The first-order valence-electron chi connectivity index (χ1n) is 5.72. The van der Waals surface area contributed by atoms with Crippen molar-refractivity contribution in [2.75, 3.05) is 6.54 Å². The lowest BCUT2D eigenvalue weighted by Gasteiger charge is -2.22. The van der Waals surface area contributed by atoms with Crippen LogP contribution in [0.5, 0.6) is 0 Å². The molecular formula is C13H19ClFN. The van der Waals surface area contributed by atoms with Crippen molar-refractivity contribution in [3.8, 4) is 0 Å². The molecule has 0 saturated carbocycles. The minimum atomic E-state index is -0.212. The third kappa shape index (κ3) is 3.76. The molecule has 0 saturated heterocycles. The van der Waals surface area contributed by atoms with Gasteiger partial charge in [-0.1, -0.05) is 38.4 Å². The molecule has 1 rings (SSSR count). The van der Waals surface area contributed by atoms with Crippen LogP contribution in [0.4, 0.5) is 4.39 Å². The smallest absolute Gasteiger partial charge is 0.127 e. The fourth-order valence-corrected chi connectivity index (χ4v) is 1.89. The predicted molar refractivity (Wildman–Crippen MR) is 67.4 cm³/mol. The number of halogens is 2. The molecule has 1 nitrogen and oxygen atoms in total. The fourth-order valence-electron chi connectivity index (χ4n) is 1.73. The standard InChI is InChI=1S/C13H19ClFN/c1-4-16-13(9(2)3)7-10-5-6-11(14)8-12(10)15/h5-6,8-9,13,16H,4,7H2,1-3H3. The van der Waals surface area contributed by atoms with Gasteiger partial charge in [-0.25, -0.2) is 4.39 Å². The van der Waals surface area contributed by atoms with Gasteiger partial charge in [0.25, 0.3) is 0 Å². The molecule has 0 aliphatic heterocycles. The first-order valence-corrected chi connectivity index (χ1v) is 6.09. The quantitative estimate of drug-likeness (QED) is 0.832. The van der Waals surface area contributed by atoms with Crippen LogP contribution in [0.2, 0.25) is 5.02 Å². The summed E-state index contributed by atoms with van der Waals surface area (Å²) in [5, 5.41) is 3.82. The van der Waals surface area contributed by atoms with Crippen LogP contribution in [0.1, 0.15) is 26.3 Å². The molecule has 0 aromatic heterocycles. The first-order chi connectivity index (χ1) is 7.54. The Kier molecular flexibility index (Phi) is 5.23. The Hall–Kier alpha value is -0.600. The Balaban J connectivity index is 2.77. The summed E-state index contributed by atoms with van der Waals surface area (Å²) >= 11 is 5.72. The topological polar surface area (TPSA) is 12.0 Å². The van der Waals surface area contributed by atoms with Gasteiger partial charge < -0.3 is 5.32 Å². The summed E-state index contributed by atoms with van der Waals surface area (Å²) < 4.78 is 13.6. The second-order valence-corrected chi connectivity index (χ2v) is 4.78. The first kappa shape index (κ1) is 13.5. The van der Waals surface area contributed by atoms with Crippen molar-refractivity contribution < 1.29 is 4.39 Å². The fraction of sp³-hybridized carbons (Fsp3) is 0.538. The summed E-state index contributed by atoms with van der Waals surface area (Å²) in [6.07, 6.45) is 0.703. The van der Waals surface area contributed by atoms with Gasteiger partial charge in [-0.3, -0.25) is 0 Å². The Bertz CT molecular complexity index is 339. The van der Waals surface area contributed by atoms with Gasteiger partial charge in [0.2, 0.25) is 0 Å². The minimum Gasteiger partial charge on any atom is -0.314 e. The number of hydrogen-bond acceptors (Lipinski definition) is 1. The maximum absolute atomic E-state index is 13.6. The summed E-state index contributed by atoms with van der Waals surface area (Å²) in [6.45, 7) is 7.24. The van der Waals surface area contributed by atoms with Crippen molar-refractivity contribution in [3.05, 3.63) is 34.6 Å². The van der Waals surface area contributed by atoms with Gasteiger partial charge in [-0.05, 0) is 36.6 Å². The summed E-state index contributed by atoms with van der Waals surface area (Å²) in [5.41, 5.74) is 0.726. The molecule has 0 amide bonds. The molecule has 0 aliphatic rings. The molecule has 1 atom stereocenters. The van der Waals surface area contributed by atoms with Crippen LogP contribution in [-0.4, -0.2) is 12.6 Å². The molecule has 90 valence electrons. The van der Waals surface area contributed by atoms with E-state index >= 15 is 0 Å². The zero-order valence-electron chi connectivity index (χ0n) is 10.1. The van der Waals surface area contributed by atoms with E-state index in [0.717, 1.165) is 12.1 Å². The second kappa shape index (κ2) is 6.21. The zero-order chi connectivity index (χ0) is 12.1. The van der Waals surface area contributed by atoms with E-state index in [1.807, 2.05) is 0 Å². The van der Waals surface area contributed by atoms with Crippen LogP contribution >= 0.6 is 11.6 Å². The lowest BCUT2D eigenvalue weighted by molar-refractivity contribution is 0.400. The molecule has 0 heterocycles. The van der Waals surface area contributed by atoms with Crippen molar-refractivity contribution in [1.82, 2.24) is 5.32 Å². The molecule has 1 aromatic rings. The van der Waals surface area contributed by atoms with Gasteiger partial charge in [-0.2, -0.15) is 0 Å². The van der Waals surface area contributed by atoms with Gasteiger partial charge >= 0.3 is 0 Å². The Morgan fingerprint density at radius 1 is 1.38 bits per heavy atom. The van der Waals surface area contributed by atoms with Crippen LogP contribution in [0.15, 0.2) is 18.2 Å². The molecule has 16 heavy (non-hydrogen) atoms. The molecule has 1 N–H and O–H groups in total. The highest BCUT2D eigenvalue weighted by Crippen LogP contribution is 2.18. The van der Waals surface area contributed by atoms with E-state index in [0.29, 0.717) is 23.4 Å². The van der Waals surface area contributed by atoms with Crippen LogP contribution in [0.25, 0.3) is 0 Å². The normalized spacial score (nSPS) is 13.1. The molecule has 0 aliphatic carbocycles. The lowest BCUT2D eigenvalue weighted by atomic mass is 9.96. The Labute approximate surface area is 102 Å². The van der Waals surface area contributed by atoms with Crippen LogP contribution in [0.3, 0.4) is 0 Å². The summed E-state index contributed by atoms with van der Waals surface area (Å²) in [7, 11) is 0. The van der Waals surface area contributed by atoms with Gasteiger partial charge in [-0.15, -0.1) is 0 Å².